The number of rotatable bonds is 9. The highest BCUT2D eigenvalue weighted by Gasteiger charge is 2.21. The molecule has 1 aliphatic heterocycles. The van der Waals surface area contributed by atoms with Gasteiger partial charge in [-0.25, -0.2) is 9.38 Å². The monoisotopic (exact) mass is 622 g/mol. The standard InChI is InChI=1S/C35H35FN6O4/c1-40-14-16-42(17-15-40)22-31(43)41(2)27-11-9-26(10-12-27)38-33(32-28-13-8-25(36)20-29(28)39-35(32)45)24-6-3-5-23(19-24)21-37-34(44)30-7-4-18-46-30/h3-13,18-20,39,45H,14-17,21-22H2,1-2H3,(H,37,44). The Kier molecular flexibility index (Phi) is 8.95. The number of fused-ring (bicyclic) bond motifs is 1. The highest BCUT2D eigenvalue weighted by Crippen LogP contribution is 2.32. The van der Waals surface area contributed by atoms with Crippen molar-refractivity contribution in [2.75, 3.05) is 51.7 Å². The molecule has 0 spiro atoms. The summed E-state index contributed by atoms with van der Waals surface area (Å²) in [5.41, 5.74) is 4.08. The molecule has 236 valence electrons. The van der Waals surface area contributed by atoms with E-state index in [1.54, 1.807) is 30.1 Å². The zero-order chi connectivity index (χ0) is 32.2. The molecule has 10 nitrogen and oxygen atoms in total. The van der Waals surface area contributed by atoms with Crippen LogP contribution < -0.4 is 10.2 Å². The van der Waals surface area contributed by atoms with Crippen molar-refractivity contribution >= 4 is 39.8 Å². The van der Waals surface area contributed by atoms with Crippen LogP contribution in [0.15, 0.2) is 94.5 Å². The summed E-state index contributed by atoms with van der Waals surface area (Å²) in [7, 11) is 3.85. The van der Waals surface area contributed by atoms with Gasteiger partial charge < -0.3 is 29.6 Å². The Labute approximate surface area is 265 Å². The summed E-state index contributed by atoms with van der Waals surface area (Å²) in [6.45, 7) is 4.18. The van der Waals surface area contributed by atoms with Gasteiger partial charge in [0.25, 0.3) is 5.91 Å². The Morgan fingerprint density at radius 1 is 1.02 bits per heavy atom. The molecule has 46 heavy (non-hydrogen) atoms. The van der Waals surface area contributed by atoms with E-state index in [4.69, 9.17) is 9.41 Å². The number of anilines is 1. The van der Waals surface area contributed by atoms with Crippen molar-refractivity contribution < 1.29 is 23.5 Å². The lowest BCUT2D eigenvalue weighted by Gasteiger charge is -2.32. The number of hydrogen-bond acceptors (Lipinski definition) is 7. The number of halogens is 1. The average molecular weight is 623 g/mol. The van der Waals surface area contributed by atoms with Crippen molar-refractivity contribution in [3.63, 3.8) is 0 Å². The summed E-state index contributed by atoms with van der Waals surface area (Å²) in [6, 6.07) is 22.2. The van der Waals surface area contributed by atoms with Crippen molar-refractivity contribution in [2.24, 2.45) is 4.99 Å². The number of benzene rings is 3. The number of hydrogen-bond donors (Lipinski definition) is 3. The van der Waals surface area contributed by atoms with Crippen molar-refractivity contribution in [3.05, 3.63) is 113 Å². The fraction of sp³-hybridized carbons (Fsp3) is 0.229. The smallest absolute Gasteiger partial charge is 0.287 e. The normalized spacial score (nSPS) is 14.5. The number of amides is 2. The Bertz CT molecular complexity index is 1880. The number of aliphatic imine (C=N–C) groups is 1. The SMILES string of the molecule is CN1CCN(CC(=O)N(C)c2ccc(N=C(c3cccc(CNC(=O)c4ccco4)c3)c3c(O)[nH]c4cc(F)ccc34)cc2)CC1. The van der Waals surface area contributed by atoms with E-state index in [2.05, 4.69) is 27.1 Å². The molecular weight excluding hydrogens is 587 g/mol. The van der Waals surface area contributed by atoms with Gasteiger partial charge in [-0.2, -0.15) is 0 Å². The van der Waals surface area contributed by atoms with Gasteiger partial charge in [-0.05, 0) is 73.3 Å². The third-order valence-corrected chi connectivity index (χ3v) is 8.18. The first-order chi connectivity index (χ1) is 22.2. The molecule has 6 rings (SSSR count). The number of likely N-dealkylation sites (N-methyl/N-ethyl adjacent to an activating group) is 2. The van der Waals surface area contributed by atoms with Crippen LogP contribution in [0.5, 0.6) is 5.88 Å². The molecule has 0 atom stereocenters. The summed E-state index contributed by atoms with van der Waals surface area (Å²) < 4.78 is 19.2. The van der Waals surface area contributed by atoms with Gasteiger partial charge in [0.15, 0.2) is 11.6 Å². The van der Waals surface area contributed by atoms with Crippen LogP contribution >= 0.6 is 0 Å². The van der Waals surface area contributed by atoms with Gasteiger partial charge >= 0.3 is 0 Å². The molecule has 3 heterocycles. The number of nitrogens with one attached hydrogen (secondary N) is 2. The minimum atomic E-state index is -0.435. The lowest BCUT2D eigenvalue weighted by Crippen LogP contribution is -2.48. The summed E-state index contributed by atoms with van der Waals surface area (Å²) >= 11 is 0. The molecule has 1 saturated heterocycles. The second kappa shape index (κ2) is 13.4. The Balaban J connectivity index is 1.29. The maximum Gasteiger partial charge on any atom is 0.287 e. The van der Waals surface area contributed by atoms with Crippen LogP contribution in [-0.4, -0.2) is 84.2 Å². The van der Waals surface area contributed by atoms with Crippen LogP contribution in [0, 0.1) is 5.82 Å². The van der Waals surface area contributed by atoms with Gasteiger partial charge in [0.2, 0.25) is 5.91 Å². The molecular formula is C35H35FN6O4. The van der Waals surface area contributed by atoms with E-state index in [0.29, 0.717) is 40.0 Å². The summed E-state index contributed by atoms with van der Waals surface area (Å²) in [5.74, 6) is -0.706. The highest BCUT2D eigenvalue weighted by molar-refractivity contribution is 6.22. The van der Waals surface area contributed by atoms with Crippen LogP contribution in [0.1, 0.15) is 27.2 Å². The van der Waals surface area contributed by atoms with Crippen LogP contribution in [-0.2, 0) is 11.3 Å². The lowest BCUT2D eigenvalue weighted by molar-refractivity contribution is -0.119. The molecule has 0 aliphatic carbocycles. The van der Waals surface area contributed by atoms with Crippen LogP contribution in [0.4, 0.5) is 15.8 Å². The van der Waals surface area contributed by atoms with E-state index in [1.807, 2.05) is 48.5 Å². The fourth-order valence-corrected chi connectivity index (χ4v) is 5.49. The quantitative estimate of drug-likeness (QED) is 0.201. The maximum atomic E-state index is 14.1. The van der Waals surface area contributed by atoms with Crippen LogP contribution in [0.3, 0.4) is 0 Å². The summed E-state index contributed by atoms with van der Waals surface area (Å²) in [6.07, 6.45) is 1.44. The lowest BCUT2D eigenvalue weighted by atomic mass is 9.99. The molecule has 5 aromatic rings. The minimum Gasteiger partial charge on any atom is -0.494 e. The van der Waals surface area contributed by atoms with E-state index in [0.717, 1.165) is 37.4 Å². The van der Waals surface area contributed by atoms with E-state index in [9.17, 15) is 19.1 Å². The summed E-state index contributed by atoms with van der Waals surface area (Å²) in [4.78, 5) is 39.4. The van der Waals surface area contributed by atoms with E-state index in [-0.39, 0.29) is 30.0 Å². The van der Waals surface area contributed by atoms with E-state index in [1.165, 1.54) is 18.4 Å². The predicted octanol–water partition coefficient (Wildman–Crippen LogP) is 4.91. The first kappa shape index (κ1) is 30.8. The second-order valence-electron chi connectivity index (χ2n) is 11.4. The molecule has 3 N–H and O–H groups in total. The van der Waals surface area contributed by atoms with Gasteiger partial charge in [0.1, 0.15) is 5.82 Å². The van der Waals surface area contributed by atoms with Gasteiger partial charge in [0, 0.05) is 56.4 Å². The molecule has 1 fully saturated rings. The first-order valence-corrected chi connectivity index (χ1v) is 15.0. The number of piperazine rings is 1. The number of nitrogens with zero attached hydrogens (tertiary/aromatic N) is 4. The Morgan fingerprint density at radius 2 is 1.80 bits per heavy atom. The fourth-order valence-electron chi connectivity index (χ4n) is 5.49. The van der Waals surface area contributed by atoms with Crippen LogP contribution in [0.2, 0.25) is 0 Å². The van der Waals surface area contributed by atoms with Gasteiger partial charge in [0.05, 0.1) is 35.3 Å². The predicted molar refractivity (Wildman–Crippen MR) is 175 cm³/mol. The first-order valence-electron chi connectivity index (χ1n) is 15.0. The van der Waals surface area contributed by atoms with Crippen molar-refractivity contribution in [3.8, 4) is 5.88 Å². The topological polar surface area (TPSA) is 117 Å². The average Bonchev–Trinajstić information content (AvgIpc) is 3.71. The number of aromatic amines is 1. The van der Waals surface area contributed by atoms with E-state index >= 15 is 0 Å². The zero-order valence-corrected chi connectivity index (χ0v) is 25.7. The van der Waals surface area contributed by atoms with Gasteiger partial charge in [-0.1, -0.05) is 18.2 Å². The molecule has 2 amide bonds. The number of H-pyrrole nitrogens is 1. The molecule has 1 aliphatic rings. The molecule has 0 saturated carbocycles. The molecule has 3 aromatic carbocycles. The van der Waals surface area contributed by atoms with Crippen molar-refractivity contribution in [1.82, 2.24) is 20.1 Å². The zero-order valence-electron chi connectivity index (χ0n) is 25.7. The van der Waals surface area contributed by atoms with E-state index < -0.39 is 5.82 Å². The molecule has 0 unspecified atom stereocenters. The number of aromatic hydroxyl groups is 1. The second-order valence-corrected chi connectivity index (χ2v) is 11.4. The number of furan rings is 1. The number of carbonyl (C=O) groups excluding carboxylic acids is 2. The molecule has 0 radical (unpaired) electrons. The largest absolute Gasteiger partial charge is 0.494 e. The van der Waals surface area contributed by atoms with Crippen LogP contribution in [0.25, 0.3) is 10.9 Å². The van der Waals surface area contributed by atoms with Crippen molar-refractivity contribution in [2.45, 2.75) is 6.54 Å². The van der Waals surface area contributed by atoms with Gasteiger partial charge in [-0.15, -0.1) is 0 Å². The Hall–Kier alpha value is -5.26. The number of carbonyl (C=O) groups is 2. The number of aromatic nitrogens is 1. The molecule has 11 heteroatoms. The Morgan fingerprint density at radius 3 is 2.54 bits per heavy atom. The van der Waals surface area contributed by atoms with Crippen molar-refractivity contribution in [1.29, 1.82) is 0 Å². The summed E-state index contributed by atoms with van der Waals surface area (Å²) in [5, 5.41) is 14.5. The third kappa shape index (κ3) is 6.85. The minimum absolute atomic E-state index is 0.00777. The highest BCUT2D eigenvalue weighted by atomic mass is 19.1. The van der Waals surface area contributed by atoms with Gasteiger partial charge in [-0.3, -0.25) is 14.5 Å². The molecule has 2 aromatic heterocycles. The molecule has 0 bridgehead atoms. The maximum absolute atomic E-state index is 14.1. The third-order valence-electron chi connectivity index (χ3n) is 8.18.